The molecule has 1 N–H and O–H groups in total. The van der Waals surface area contributed by atoms with Crippen LogP contribution in [0.5, 0.6) is 0 Å². The lowest BCUT2D eigenvalue weighted by molar-refractivity contribution is -0.386. The van der Waals surface area contributed by atoms with Gasteiger partial charge in [-0.3, -0.25) is 19.6 Å². The van der Waals surface area contributed by atoms with E-state index in [1.807, 2.05) is 0 Å². The molecule has 0 unspecified atom stereocenters. The molecule has 0 aliphatic rings. The van der Waals surface area contributed by atoms with Crippen LogP contribution in [0.15, 0.2) is 12.1 Å². The predicted octanol–water partition coefficient (Wildman–Crippen LogP) is 1.44. The van der Waals surface area contributed by atoms with Gasteiger partial charge in [-0.2, -0.15) is 5.10 Å². The molecule has 2 aromatic heterocycles. The number of nitro groups is 1. The second-order valence-electron chi connectivity index (χ2n) is 5.54. The molecule has 2 aromatic rings. The molecule has 136 valence electrons. The molecule has 2 heterocycles. The number of nitrogens with one attached hydrogen (secondary N) is 1. The first-order valence-corrected chi connectivity index (χ1v) is 10.0. The van der Waals surface area contributed by atoms with Crippen molar-refractivity contribution in [3.63, 3.8) is 0 Å². The second-order valence-corrected chi connectivity index (χ2v) is 8.54. The Morgan fingerprint density at radius 1 is 1.40 bits per heavy atom. The van der Waals surface area contributed by atoms with E-state index in [9.17, 15) is 23.3 Å². The van der Waals surface area contributed by atoms with Crippen molar-refractivity contribution < 1.29 is 18.1 Å². The molecule has 0 aliphatic carbocycles. The third-order valence-electron chi connectivity index (χ3n) is 3.49. The van der Waals surface area contributed by atoms with Crippen molar-refractivity contribution in [2.45, 2.75) is 26.8 Å². The number of carbonyl (C=O) groups is 1. The summed E-state index contributed by atoms with van der Waals surface area (Å²) in [6, 6.07) is 3.44. The highest BCUT2D eigenvalue weighted by Gasteiger charge is 2.23. The van der Waals surface area contributed by atoms with Crippen LogP contribution in [0.1, 0.15) is 25.9 Å². The fraction of sp³-hybridized carbons (Fsp3) is 0.429. The van der Waals surface area contributed by atoms with Crippen LogP contribution < -0.4 is 4.72 Å². The van der Waals surface area contributed by atoms with Crippen LogP contribution in [0.25, 0.3) is 0 Å². The van der Waals surface area contributed by atoms with Crippen molar-refractivity contribution in [2.75, 3.05) is 12.8 Å². The number of carbonyl (C=O) groups excluding carboxylic acids is 1. The van der Waals surface area contributed by atoms with Crippen LogP contribution in [0.3, 0.4) is 0 Å². The number of nitrogens with zero attached hydrogens (tertiary/aromatic N) is 3. The maximum atomic E-state index is 12.4. The summed E-state index contributed by atoms with van der Waals surface area (Å²) in [5, 5.41) is 15.1. The van der Waals surface area contributed by atoms with E-state index < -0.39 is 14.9 Å². The number of hydrogen-bond donors (Lipinski definition) is 1. The van der Waals surface area contributed by atoms with Gasteiger partial charge in [0, 0.05) is 11.4 Å². The molecular formula is C14H18N4O5S2. The highest BCUT2D eigenvalue weighted by Crippen LogP contribution is 2.23. The number of aryl methyl sites for hydroxylation is 1. The SMILES string of the molecule is Cc1nn(CC(=O)c2ccc(CCNS(C)(=O)=O)s2)c(C)c1[N+](=O)[O-]. The van der Waals surface area contributed by atoms with Gasteiger partial charge >= 0.3 is 5.69 Å². The monoisotopic (exact) mass is 386 g/mol. The van der Waals surface area contributed by atoms with Crippen LogP contribution in [-0.2, 0) is 23.0 Å². The maximum Gasteiger partial charge on any atom is 0.312 e. The fourth-order valence-electron chi connectivity index (χ4n) is 2.34. The minimum absolute atomic E-state index is 0.0773. The largest absolute Gasteiger partial charge is 0.312 e. The van der Waals surface area contributed by atoms with E-state index in [4.69, 9.17) is 0 Å². The smallest absolute Gasteiger partial charge is 0.291 e. The lowest BCUT2D eigenvalue weighted by Gasteiger charge is -2.01. The van der Waals surface area contributed by atoms with Gasteiger partial charge < -0.3 is 0 Å². The summed E-state index contributed by atoms with van der Waals surface area (Å²) in [5.74, 6) is -0.201. The molecule has 9 nitrogen and oxygen atoms in total. The molecule has 0 aliphatic heterocycles. The maximum absolute atomic E-state index is 12.4. The molecule has 0 radical (unpaired) electrons. The number of sulfonamides is 1. The summed E-state index contributed by atoms with van der Waals surface area (Å²) < 4.78 is 25.8. The van der Waals surface area contributed by atoms with Crippen molar-refractivity contribution in [3.05, 3.63) is 43.4 Å². The quantitative estimate of drug-likeness (QED) is 0.416. The first kappa shape index (κ1) is 19.2. The Morgan fingerprint density at radius 2 is 2.08 bits per heavy atom. The molecule has 11 heteroatoms. The number of hydrogen-bond acceptors (Lipinski definition) is 7. The zero-order chi connectivity index (χ0) is 18.8. The van der Waals surface area contributed by atoms with Gasteiger partial charge in [0.15, 0.2) is 5.78 Å². The zero-order valence-corrected chi connectivity index (χ0v) is 15.6. The lowest BCUT2D eigenvalue weighted by Crippen LogP contribution is -2.24. The van der Waals surface area contributed by atoms with Crippen LogP contribution in [0, 0.1) is 24.0 Å². The average molecular weight is 386 g/mol. The van der Waals surface area contributed by atoms with E-state index in [2.05, 4.69) is 9.82 Å². The Hall–Kier alpha value is -2.11. The third kappa shape index (κ3) is 4.94. The lowest BCUT2D eigenvalue weighted by atomic mass is 10.3. The molecule has 0 bridgehead atoms. The highest BCUT2D eigenvalue weighted by molar-refractivity contribution is 7.88. The molecule has 0 amide bonds. The summed E-state index contributed by atoms with van der Waals surface area (Å²) in [4.78, 5) is 24.3. The van der Waals surface area contributed by atoms with Crippen LogP contribution >= 0.6 is 11.3 Å². The number of thiophene rings is 1. The van der Waals surface area contributed by atoms with Gasteiger partial charge in [-0.05, 0) is 32.4 Å². The molecule has 25 heavy (non-hydrogen) atoms. The van der Waals surface area contributed by atoms with Crippen molar-refractivity contribution in [1.29, 1.82) is 0 Å². The Bertz CT molecular complexity index is 914. The Kier molecular flexibility index (Phi) is 5.70. The topological polar surface area (TPSA) is 124 Å². The summed E-state index contributed by atoms with van der Waals surface area (Å²) in [6.45, 7) is 3.27. The number of rotatable bonds is 8. The minimum atomic E-state index is -3.24. The van der Waals surface area contributed by atoms with E-state index in [0.29, 0.717) is 17.0 Å². The van der Waals surface area contributed by atoms with Crippen LogP contribution in [-0.4, -0.2) is 41.7 Å². The van der Waals surface area contributed by atoms with E-state index in [1.54, 1.807) is 19.1 Å². The van der Waals surface area contributed by atoms with Crippen molar-refractivity contribution in [3.8, 4) is 0 Å². The molecule has 0 saturated heterocycles. The standard InChI is InChI=1S/C14H18N4O5S2/c1-9-14(18(20)21)10(2)17(16-9)8-12(19)13-5-4-11(24-13)6-7-15-25(3,22)23/h4-5,15H,6-8H2,1-3H3. The Balaban J connectivity index is 2.05. The van der Waals surface area contributed by atoms with Crippen molar-refractivity contribution >= 4 is 32.8 Å². The summed E-state index contributed by atoms with van der Waals surface area (Å²) in [7, 11) is -3.24. The van der Waals surface area contributed by atoms with Crippen molar-refractivity contribution in [2.24, 2.45) is 0 Å². The zero-order valence-electron chi connectivity index (χ0n) is 14.0. The van der Waals surface area contributed by atoms with E-state index in [1.165, 1.54) is 22.9 Å². The van der Waals surface area contributed by atoms with E-state index in [-0.39, 0.29) is 30.3 Å². The van der Waals surface area contributed by atoms with Gasteiger partial charge in [0.25, 0.3) is 0 Å². The molecular weight excluding hydrogens is 368 g/mol. The van der Waals surface area contributed by atoms with Gasteiger partial charge in [-0.15, -0.1) is 11.3 Å². The van der Waals surface area contributed by atoms with E-state index >= 15 is 0 Å². The first-order chi connectivity index (χ1) is 11.6. The summed E-state index contributed by atoms with van der Waals surface area (Å²) in [5.41, 5.74) is 0.533. The molecule has 0 atom stereocenters. The summed E-state index contributed by atoms with van der Waals surface area (Å²) >= 11 is 1.27. The normalized spacial score (nSPS) is 11.6. The third-order valence-corrected chi connectivity index (χ3v) is 5.41. The van der Waals surface area contributed by atoms with Gasteiger partial charge in [-0.1, -0.05) is 0 Å². The Labute approximate surface area is 148 Å². The fourth-order valence-corrected chi connectivity index (χ4v) is 3.75. The molecule has 0 fully saturated rings. The minimum Gasteiger partial charge on any atom is -0.291 e. The molecule has 2 rings (SSSR count). The second kappa shape index (κ2) is 7.42. The highest BCUT2D eigenvalue weighted by atomic mass is 32.2. The van der Waals surface area contributed by atoms with Gasteiger partial charge in [0.05, 0.1) is 16.1 Å². The molecule has 0 spiro atoms. The first-order valence-electron chi connectivity index (χ1n) is 7.33. The van der Waals surface area contributed by atoms with Crippen LogP contribution in [0.4, 0.5) is 5.69 Å². The molecule has 0 saturated carbocycles. The Morgan fingerprint density at radius 3 is 2.64 bits per heavy atom. The van der Waals surface area contributed by atoms with Crippen molar-refractivity contribution in [1.82, 2.24) is 14.5 Å². The summed E-state index contributed by atoms with van der Waals surface area (Å²) in [6.07, 6.45) is 1.57. The molecule has 0 aromatic carbocycles. The number of Topliss-reactive ketones (excluding diaryl/α,β-unsaturated/α-hetero) is 1. The average Bonchev–Trinajstić information content (AvgIpc) is 3.03. The van der Waals surface area contributed by atoms with Gasteiger partial charge in [0.2, 0.25) is 10.0 Å². The number of aromatic nitrogens is 2. The predicted molar refractivity (Wildman–Crippen MR) is 93.6 cm³/mol. The van der Waals surface area contributed by atoms with Gasteiger partial charge in [-0.25, -0.2) is 13.1 Å². The van der Waals surface area contributed by atoms with Gasteiger partial charge in [0.1, 0.15) is 17.9 Å². The van der Waals surface area contributed by atoms with E-state index in [0.717, 1.165) is 11.1 Å². The number of ketones is 1. The van der Waals surface area contributed by atoms with Crippen LogP contribution in [0.2, 0.25) is 0 Å².